The molecule has 1 fully saturated rings. The number of piperazine rings is 1. The van der Waals surface area contributed by atoms with Gasteiger partial charge in [0.1, 0.15) is 5.15 Å². The zero-order valence-corrected chi connectivity index (χ0v) is 17.4. The number of pyridine rings is 1. The zero-order chi connectivity index (χ0) is 20.3. The Bertz CT molecular complexity index is 956. The molecule has 0 aliphatic carbocycles. The lowest BCUT2D eigenvalue weighted by Gasteiger charge is -2.34. The minimum atomic E-state index is -3.56. The average molecular weight is 423 g/mol. The van der Waals surface area contributed by atoms with Crippen molar-refractivity contribution in [2.45, 2.75) is 25.3 Å². The van der Waals surface area contributed by atoms with Crippen molar-refractivity contribution in [1.82, 2.24) is 19.5 Å². The van der Waals surface area contributed by atoms with Gasteiger partial charge in [0.05, 0.1) is 4.90 Å². The van der Waals surface area contributed by atoms with Crippen LogP contribution in [0, 0.1) is 13.8 Å². The van der Waals surface area contributed by atoms with E-state index in [1.807, 2.05) is 13.0 Å². The first kappa shape index (κ1) is 20.6. The second-order valence-corrected chi connectivity index (χ2v) is 9.10. The third-order valence-corrected chi connectivity index (χ3v) is 6.99. The largest absolute Gasteiger partial charge is 0.334 e. The highest BCUT2D eigenvalue weighted by Gasteiger charge is 2.30. The fraction of sp³-hybridized carbons (Fsp3) is 0.368. The predicted octanol–water partition coefficient (Wildman–Crippen LogP) is 2.57. The van der Waals surface area contributed by atoms with E-state index in [9.17, 15) is 13.2 Å². The summed E-state index contributed by atoms with van der Waals surface area (Å²) in [6, 6.07) is 8.55. The molecule has 1 aliphatic rings. The van der Waals surface area contributed by atoms with Gasteiger partial charge in [-0.1, -0.05) is 35.4 Å². The normalized spacial score (nSPS) is 15.5. The standard InChI is InChI=1S/C19H23ClN4O3S/c1-14-3-5-17(15(2)11-14)28(26,27)24-9-7-23(8-10-24)19(25)22-13-16-4-6-18(20)21-12-16/h3-6,11-12H,7-10,13H2,1-2H3,(H,22,25). The number of rotatable bonds is 4. The molecule has 2 heterocycles. The number of nitrogens with zero attached hydrogens (tertiary/aromatic N) is 3. The topological polar surface area (TPSA) is 82.6 Å². The molecule has 0 bridgehead atoms. The van der Waals surface area contributed by atoms with Gasteiger partial charge in [-0.05, 0) is 37.1 Å². The number of nitrogens with one attached hydrogen (secondary N) is 1. The van der Waals surface area contributed by atoms with Gasteiger partial charge in [0.2, 0.25) is 10.0 Å². The molecule has 28 heavy (non-hydrogen) atoms. The van der Waals surface area contributed by atoms with E-state index in [0.29, 0.717) is 29.7 Å². The van der Waals surface area contributed by atoms with E-state index < -0.39 is 10.0 Å². The van der Waals surface area contributed by atoms with E-state index in [1.165, 1.54) is 4.31 Å². The van der Waals surface area contributed by atoms with Gasteiger partial charge in [0.25, 0.3) is 0 Å². The van der Waals surface area contributed by atoms with Crippen LogP contribution >= 0.6 is 11.6 Å². The molecule has 9 heteroatoms. The van der Waals surface area contributed by atoms with Crippen molar-refractivity contribution < 1.29 is 13.2 Å². The lowest BCUT2D eigenvalue weighted by molar-refractivity contribution is 0.172. The number of benzene rings is 1. The number of sulfonamides is 1. The molecule has 0 unspecified atom stereocenters. The number of urea groups is 1. The molecule has 0 spiro atoms. The lowest BCUT2D eigenvalue weighted by Crippen LogP contribution is -2.53. The minimum absolute atomic E-state index is 0.224. The maximum absolute atomic E-state index is 12.9. The summed E-state index contributed by atoms with van der Waals surface area (Å²) in [6.07, 6.45) is 1.61. The van der Waals surface area contributed by atoms with E-state index in [4.69, 9.17) is 11.6 Å². The molecular formula is C19H23ClN4O3S. The van der Waals surface area contributed by atoms with Crippen LogP contribution in [0.15, 0.2) is 41.4 Å². The second-order valence-electron chi connectivity index (χ2n) is 6.81. The summed E-state index contributed by atoms with van der Waals surface area (Å²) < 4.78 is 27.3. The van der Waals surface area contributed by atoms with Crippen LogP contribution in [0.2, 0.25) is 5.15 Å². The van der Waals surface area contributed by atoms with Crippen molar-refractivity contribution in [2.24, 2.45) is 0 Å². The SMILES string of the molecule is Cc1ccc(S(=O)(=O)N2CCN(C(=O)NCc3ccc(Cl)nc3)CC2)c(C)c1. The number of halogens is 1. The zero-order valence-electron chi connectivity index (χ0n) is 15.9. The molecule has 1 N–H and O–H groups in total. The van der Waals surface area contributed by atoms with Gasteiger partial charge < -0.3 is 10.2 Å². The maximum atomic E-state index is 12.9. The van der Waals surface area contributed by atoms with Crippen LogP contribution in [0.3, 0.4) is 0 Å². The monoisotopic (exact) mass is 422 g/mol. The van der Waals surface area contributed by atoms with Crippen LogP contribution < -0.4 is 5.32 Å². The molecule has 0 radical (unpaired) electrons. The van der Waals surface area contributed by atoms with Crippen LogP contribution in [0.4, 0.5) is 4.79 Å². The van der Waals surface area contributed by atoms with E-state index in [0.717, 1.165) is 16.7 Å². The molecule has 7 nitrogen and oxygen atoms in total. The average Bonchev–Trinajstić information content (AvgIpc) is 2.67. The maximum Gasteiger partial charge on any atom is 0.317 e. The quantitative estimate of drug-likeness (QED) is 0.767. The first-order chi connectivity index (χ1) is 13.3. The third kappa shape index (κ3) is 4.63. The van der Waals surface area contributed by atoms with Crippen molar-refractivity contribution in [3.8, 4) is 0 Å². The molecule has 1 aromatic heterocycles. The number of hydrogen-bond donors (Lipinski definition) is 1. The molecule has 150 valence electrons. The summed E-state index contributed by atoms with van der Waals surface area (Å²) in [4.78, 5) is 18.3. The summed E-state index contributed by atoms with van der Waals surface area (Å²) in [7, 11) is -3.56. The Morgan fingerprint density at radius 3 is 2.46 bits per heavy atom. The first-order valence-corrected chi connectivity index (χ1v) is 10.8. The van der Waals surface area contributed by atoms with Crippen LogP contribution in [0.1, 0.15) is 16.7 Å². The number of amides is 2. The number of aromatic nitrogens is 1. The Morgan fingerprint density at radius 2 is 1.86 bits per heavy atom. The van der Waals surface area contributed by atoms with Gasteiger partial charge >= 0.3 is 6.03 Å². The Morgan fingerprint density at radius 1 is 1.14 bits per heavy atom. The Labute approximate surface area is 170 Å². The van der Waals surface area contributed by atoms with Gasteiger partial charge in [-0.15, -0.1) is 0 Å². The molecular weight excluding hydrogens is 400 g/mol. The molecule has 2 amide bonds. The van der Waals surface area contributed by atoms with Crippen LogP contribution in [0.5, 0.6) is 0 Å². The van der Waals surface area contributed by atoms with Crippen molar-refractivity contribution in [3.63, 3.8) is 0 Å². The van der Waals surface area contributed by atoms with Crippen molar-refractivity contribution in [1.29, 1.82) is 0 Å². The fourth-order valence-electron chi connectivity index (χ4n) is 3.16. The highest BCUT2D eigenvalue weighted by atomic mass is 35.5. The first-order valence-electron chi connectivity index (χ1n) is 8.98. The summed E-state index contributed by atoms with van der Waals surface area (Å²) >= 11 is 5.75. The van der Waals surface area contributed by atoms with E-state index >= 15 is 0 Å². The van der Waals surface area contributed by atoms with Gasteiger partial charge in [0.15, 0.2) is 0 Å². The molecule has 1 saturated heterocycles. The predicted molar refractivity (Wildman–Crippen MR) is 108 cm³/mol. The Balaban J connectivity index is 1.57. The fourth-order valence-corrected chi connectivity index (χ4v) is 4.90. The third-order valence-electron chi connectivity index (χ3n) is 4.71. The number of carbonyl (C=O) groups is 1. The molecule has 2 aromatic rings. The molecule has 1 aromatic carbocycles. The molecule has 1 aliphatic heterocycles. The van der Waals surface area contributed by atoms with Crippen molar-refractivity contribution in [3.05, 3.63) is 58.4 Å². The summed E-state index contributed by atoms with van der Waals surface area (Å²) in [5.41, 5.74) is 2.60. The van der Waals surface area contributed by atoms with Gasteiger partial charge in [-0.2, -0.15) is 4.31 Å². The Kier molecular flexibility index (Phi) is 6.22. The molecule has 0 atom stereocenters. The van der Waals surface area contributed by atoms with E-state index in [2.05, 4.69) is 10.3 Å². The number of carbonyl (C=O) groups excluding carboxylic acids is 1. The molecule has 0 saturated carbocycles. The smallest absolute Gasteiger partial charge is 0.317 e. The van der Waals surface area contributed by atoms with Gasteiger partial charge in [-0.3, -0.25) is 0 Å². The number of aryl methyl sites for hydroxylation is 2. The number of hydrogen-bond acceptors (Lipinski definition) is 4. The van der Waals surface area contributed by atoms with Crippen LogP contribution in [-0.4, -0.2) is 54.8 Å². The van der Waals surface area contributed by atoms with Crippen LogP contribution in [-0.2, 0) is 16.6 Å². The van der Waals surface area contributed by atoms with Crippen LogP contribution in [0.25, 0.3) is 0 Å². The van der Waals surface area contributed by atoms with Crippen molar-refractivity contribution in [2.75, 3.05) is 26.2 Å². The highest BCUT2D eigenvalue weighted by Crippen LogP contribution is 2.22. The minimum Gasteiger partial charge on any atom is -0.334 e. The van der Waals surface area contributed by atoms with Gasteiger partial charge in [0, 0.05) is 38.9 Å². The van der Waals surface area contributed by atoms with Gasteiger partial charge in [-0.25, -0.2) is 18.2 Å². The van der Waals surface area contributed by atoms with Crippen molar-refractivity contribution >= 4 is 27.7 Å². The molecule has 3 rings (SSSR count). The summed E-state index contributed by atoms with van der Waals surface area (Å²) in [6.45, 7) is 5.29. The Hall–Kier alpha value is -2.16. The van der Waals surface area contributed by atoms with E-state index in [-0.39, 0.29) is 19.1 Å². The lowest BCUT2D eigenvalue weighted by atomic mass is 10.2. The summed E-state index contributed by atoms with van der Waals surface area (Å²) in [5.74, 6) is 0. The second kappa shape index (κ2) is 8.46. The summed E-state index contributed by atoms with van der Waals surface area (Å²) in [5, 5.41) is 3.22. The highest BCUT2D eigenvalue weighted by molar-refractivity contribution is 7.89. The van der Waals surface area contributed by atoms with E-state index in [1.54, 1.807) is 42.3 Å².